The molecule has 3 nitrogen and oxygen atoms in total. The summed E-state index contributed by atoms with van der Waals surface area (Å²) >= 11 is 0. The summed E-state index contributed by atoms with van der Waals surface area (Å²) in [5.74, 6) is -3.51. The van der Waals surface area contributed by atoms with E-state index in [2.05, 4.69) is 5.32 Å². The lowest BCUT2D eigenvalue weighted by molar-refractivity contribution is -0.0280. The minimum absolute atomic E-state index is 0.299. The summed E-state index contributed by atoms with van der Waals surface area (Å²) in [4.78, 5) is 11.4. The molecule has 0 saturated heterocycles. The number of rotatable bonds is 3. The Morgan fingerprint density at radius 1 is 1.21 bits per heavy atom. The van der Waals surface area contributed by atoms with Crippen LogP contribution < -0.4 is 5.32 Å². The van der Waals surface area contributed by atoms with Crippen LogP contribution in [0.1, 0.15) is 26.3 Å². The molecule has 0 aliphatic rings. The van der Waals surface area contributed by atoms with Crippen LogP contribution in [0.25, 0.3) is 0 Å². The van der Waals surface area contributed by atoms with E-state index in [-0.39, 0.29) is 0 Å². The van der Waals surface area contributed by atoms with Gasteiger partial charge in [-0.2, -0.15) is 8.78 Å². The van der Waals surface area contributed by atoms with Crippen molar-refractivity contribution in [1.29, 1.82) is 0 Å². The number of ether oxygens (including phenoxy) is 1. The molecular formula is C13H16F3NO2. The van der Waals surface area contributed by atoms with Gasteiger partial charge in [-0.05, 0) is 32.9 Å². The normalized spacial score (nSPS) is 12.1. The van der Waals surface area contributed by atoms with Crippen molar-refractivity contribution >= 4 is 11.8 Å². The van der Waals surface area contributed by atoms with Crippen molar-refractivity contribution < 1.29 is 22.7 Å². The number of carbonyl (C=O) groups is 1. The number of carbonyl (C=O) groups excluding carboxylic acids is 1. The molecule has 106 valence electrons. The molecule has 0 unspecified atom stereocenters. The number of nitrogens with one attached hydrogen (secondary N) is 1. The summed E-state index contributed by atoms with van der Waals surface area (Å²) in [5.41, 5.74) is -0.789. The van der Waals surface area contributed by atoms with Crippen LogP contribution in [0.4, 0.5) is 23.7 Å². The molecule has 0 bridgehead atoms. The summed E-state index contributed by atoms with van der Waals surface area (Å²) in [6, 6.07) is 4.66. The van der Waals surface area contributed by atoms with Crippen LogP contribution in [-0.2, 0) is 10.7 Å². The molecule has 0 fully saturated rings. The second kappa shape index (κ2) is 5.50. The Hall–Kier alpha value is -1.72. The number of anilines is 1. The molecule has 0 saturated carbocycles. The Bertz CT molecular complexity index is 438. The highest BCUT2D eigenvalue weighted by atomic mass is 19.3. The van der Waals surface area contributed by atoms with E-state index >= 15 is 0 Å². The van der Waals surface area contributed by atoms with Gasteiger partial charge in [-0.15, -0.1) is 0 Å². The number of benzene rings is 1. The van der Waals surface area contributed by atoms with Crippen LogP contribution >= 0.6 is 0 Å². The third-order valence-electron chi connectivity index (χ3n) is 2.12. The fourth-order valence-corrected chi connectivity index (χ4v) is 1.30. The van der Waals surface area contributed by atoms with Crippen LogP contribution in [0.5, 0.6) is 0 Å². The second-order valence-corrected chi connectivity index (χ2v) is 5.04. The van der Waals surface area contributed by atoms with Crippen LogP contribution in [0, 0.1) is 0 Å². The standard InChI is InChI=1S/C13H16F3NO2/c1-12(2,3)19-11(18)17-10-6-4-9(5-7-10)13(15,16)8-14/h4-7H,8H2,1-3H3,(H,17,18). The first-order valence-corrected chi connectivity index (χ1v) is 5.68. The number of amides is 1. The maximum atomic E-state index is 13.0. The molecule has 0 heterocycles. The van der Waals surface area contributed by atoms with Crippen molar-refractivity contribution in [1.82, 2.24) is 0 Å². The minimum Gasteiger partial charge on any atom is -0.444 e. The van der Waals surface area contributed by atoms with Gasteiger partial charge in [0.1, 0.15) is 5.60 Å². The molecular weight excluding hydrogens is 259 g/mol. The van der Waals surface area contributed by atoms with E-state index in [0.717, 1.165) is 12.1 Å². The molecule has 19 heavy (non-hydrogen) atoms. The maximum absolute atomic E-state index is 13.0. The molecule has 0 aliphatic carbocycles. The van der Waals surface area contributed by atoms with Gasteiger partial charge in [-0.25, -0.2) is 9.18 Å². The molecule has 0 radical (unpaired) electrons. The lowest BCUT2D eigenvalue weighted by Gasteiger charge is -2.20. The predicted octanol–water partition coefficient (Wildman–Crippen LogP) is 4.09. The molecule has 1 rings (SSSR count). The summed E-state index contributed by atoms with van der Waals surface area (Å²) < 4.78 is 43.1. The zero-order chi connectivity index (χ0) is 14.7. The second-order valence-electron chi connectivity index (χ2n) is 5.04. The molecule has 1 aromatic rings. The average molecular weight is 275 g/mol. The topological polar surface area (TPSA) is 38.3 Å². The largest absolute Gasteiger partial charge is 0.444 e. The van der Waals surface area contributed by atoms with Gasteiger partial charge in [0, 0.05) is 11.3 Å². The SMILES string of the molecule is CC(C)(C)OC(=O)Nc1ccc(C(F)(F)CF)cc1. The quantitative estimate of drug-likeness (QED) is 0.902. The van der Waals surface area contributed by atoms with Gasteiger partial charge >= 0.3 is 12.0 Å². The van der Waals surface area contributed by atoms with Gasteiger partial charge in [0.2, 0.25) is 0 Å². The smallest absolute Gasteiger partial charge is 0.412 e. The van der Waals surface area contributed by atoms with E-state index in [1.54, 1.807) is 20.8 Å². The molecule has 6 heteroatoms. The van der Waals surface area contributed by atoms with E-state index < -0.39 is 29.9 Å². The van der Waals surface area contributed by atoms with Crippen molar-refractivity contribution in [2.75, 3.05) is 12.0 Å². The summed E-state index contributed by atoms with van der Waals surface area (Å²) in [6.45, 7) is 3.36. The molecule has 0 spiro atoms. The van der Waals surface area contributed by atoms with E-state index in [9.17, 15) is 18.0 Å². The van der Waals surface area contributed by atoms with Crippen molar-refractivity contribution in [3.8, 4) is 0 Å². The highest BCUT2D eigenvalue weighted by molar-refractivity contribution is 5.84. The Balaban J connectivity index is 2.70. The highest BCUT2D eigenvalue weighted by Crippen LogP contribution is 2.29. The van der Waals surface area contributed by atoms with Crippen LogP contribution in [0.3, 0.4) is 0 Å². The van der Waals surface area contributed by atoms with E-state index in [1.165, 1.54) is 12.1 Å². The molecule has 1 N–H and O–H groups in total. The summed E-state index contributed by atoms with van der Waals surface area (Å²) in [5, 5.41) is 2.40. The van der Waals surface area contributed by atoms with Crippen LogP contribution in [0.2, 0.25) is 0 Å². The zero-order valence-electron chi connectivity index (χ0n) is 11.0. The van der Waals surface area contributed by atoms with E-state index in [0.29, 0.717) is 5.69 Å². The highest BCUT2D eigenvalue weighted by Gasteiger charge is 2.31. The average Bonchev–Trinajstić information content (AvgIpc) is 2.27. The molecule has 0 aliphatic heterocycles. The maximum Gasteiger partial charge on any atom is 0.412 e. The van der Waals surface area contributed by atoms with Gasteiger partial charge in [-0.1, -0.05) is 12.1 Å². The third kappa shape index (κ3) is 4.81. The van der Waals surface area contributed by atoms with Gasteiger partial charge in [0.05, 0.1) is 0 Å². The Labute approximate surface area is 109 Å². The van der Waals surface area contributed by atoms with Gasteiger partial charge < -0.3 is 4.74 Å². The van der Waals surface area contributed by atoms with Gasteiger partial charge in [-0.3, -0.25) is 5.32 Å². The van der Waals surface area contributed by atoms with E-state index in [1.807, 2.05) is 0 Å². The minimum atomic E-state index is -3.51. The molecule has 0 atom stereocenters. The van der Waals surface area contributed by atoms with Crippen molar-refractivity contribution in [2.45, 2.75) is 32.3 Å². The molecule has 1 aromatic carbocycles. The first kappa shape index (κ1) is 15.3. The van der Waals surface area contributed by atoms with Crippen molar-refractivity contribution in [3.63, 3.8) is 0 Å². The Morgan fingerprint density at radius 3 is 2.16 bits per heavy atom. The molecule has 0 aromatic heterocycles. The fourth-order valence-electron chi connectivity index (χ4n) is 1.30. The number of hydrogen-bond donors (Lipinski definition) is 1. The number of halogens is 3. The first-order chi connectivity index (χ1) is 8.64. The van der Waals surface area contributed by atoms with Crippen molar-refractivity contribution in [3.05, 3.63) is 29.8 Å². The number of alkyl halides is 3. The lowest BCUT2D eigenvalue weighted by Crippen LogP contribution is -2.27. The predicted molar refractivity (Wildman–Crippen MR) is 66.2 cm³/mol. The molecule has 1 amide bonds. The third-order valence-corrected chi connectivity index (χ3v) is 2.12. The Kier molecular flexibility index (Phi) is 4.44. The summed E-state index contributed by atoms with van der Waals surface area (Å²) in [6.07, 6.45) is -0.683. The van der Waals surface area contributed by atoms with Crippen LogP contribution in [-0.4, -0.2) is 18.4 Å². The first-order valence-electron chi connectivity index (χ1n) is 5.68. The van der Waals surface area contributed by atoms with Crippen LogP contribution in [0.15, 0.2) is 24.3 Å². The van der Waals surface area contributed by atoms with Gasteiger partial charge in [0.25, 0.3) is 0 Å². The Morgan fingerprint density at radius 2 is 1.74 bits per heavy atom. The lowest BCUT2D eigenvalue weighted by atomic mass is 10.1. The summed E-state index contributed by atoms with van der Waals surface area (Å²) in [7, 11) is 0. The monoisotopic (exact) mass is 275 g/mol. The zero-order valence-corrected chi connectivity index (χ0v) is 11.0. The number of hydrogen-bond acceptors (Lipinski definition) is 2. The van der Waals surface area contributed by atoms with Gasteiger partial charge in [0.15, 0.2) is 6.67 Å². The fraction of sp³-hybridized carbons (Fsp3) is 0.462. The van der Waals surface area contributed by atoms with Crippen molar-refractivity contribution in [2.24, 2.45) is 0 Å². The van der Waals surface area contributed by atoms with E-state index in [4.69, 9.17) is 4.74 Å².